The van der Waals surface area contributed by atoms with E-state index in [1.54, 1.807) is 0 Å². The highest BCUT2D eigenvalue weighted by molar-refractivity contribution is 5.67. The molecule has 0 heterocycles. The van der Waals surface area contributed by atoms with Crippen molar-refractivity contribution in [1.82, 2.24) is 10.6 Å². The Morgan fingerprint density at radius 3 is 2.40 bits per heavy atom. The van der Waals surface area contributed by atoms with E-state index in [9.17, 15) is 4.79 Å². The highest BCUT2D eigenvalue weighted by Gasteiger charge is 2.15. The van der Waals surface area contributed by atoms with Gasteiger partial charge in [-0.15, -0.1) is 0 Å². The van der Waals surface area contributed by atoms with Gasteiger partial charge in [-0.05, 0) is 32.8 Å². The van der Waals surface area contributed by atoms with Gasteiger partial charge < -0.3 is 15.4 Å². The summed E-state index contributed by atoms with van der Waals surface area (Å²) in [5, 5.41) is 6.18. The van der Waals surface area contributed by atoms with E-state index >= 15 is 0 Å². The number of ether oxygens (including phenoxy) is 1. The standard InChI is InChI=1S/C16H26N2O2/c1-5-14(13-9-7-6-8-10-13)17-11-12-18-15(19)20-16(2,3)4/h6-10,14,17H,5,11-12H2,1-4H3,(H,18,19). The van der Waals surface area contributed by atoms with E-state index < -0.39 is 5.60 Å². The molecule has 1 atom stereocenters. The number of carbonyl (C=O) groups excluding carboxylic acids is 1. The molecule has 0 bridgehead atoms. The van der Waals surface area contributed by atoms with Gasteiger partial charge in [0.2, 0.25) is 0 Å². The van der Waals surface area contributed by atoms with Crippen molar-refractivity contribution in [2.75, 3.05) is 13.1 Å². The van der Waals surface area contributed by atoms with Crippen LogP contribution in [0.3, 0.4) is 0 Å². The summed E-state index contributed by atoms with van der Waals surface area (Å²) in [4.78, 5) is 11.5. The fourth-order valence-corrected chi connectivity index (χ4v) is 1.91. The summed E-state index contributed by atoms with van der Waals surface area (Å²) in [5.41, 5.74) is 0.820. The van der Waals surface area contributed by atoms with Crippen LogP contribution in [0, 0.1) is 0 Å². The molecule has 0 saturated heterocycles. The normalized spacial score (nSPS) is 12.8. The summed E-state index contributed by atoms with van der Waals surface area (Å²) in [7, 11) is 0. The first-order chi connectivity index (χ1) is 9.42. The van der Waals surface area contributed by atoms with Crippen LogP contribution in [0.25, 0.3) is 0 Å². The molecule has 1 rings (SSSR count). The van der Waals surface area contributed by atoms with Crippen molar-refractivity contribution >= 4 is 6.09 Å². The zero-order valence-corrected chi connectivity index (χ0v) is 12.9. The summed E-state index contributed by atoms with van der Waals surface area (Å²) < 4.78 is 5.18. The van der Waals surface area contributed by atoms with Crippen molar-refractivity contribution in [1.29, 1.82) is 0 Å². The Labute approximate surface area is 121 Å². The van der Waals surface area contributed by atoms with E-state index in [-0.39, 0.29) is 6.09 Å². The van der Waals surface area contributed by atoms with Crippen molar-refractivity contribution in [2.45, 2.75) is 45.8 Å². The summed E-state index contributed by atoms with van der Waals surface area (Å²) in [6.45, 7) is 8.98. The molecule has 1 unspecified atom stereocenters. The summed E-state index contributed by atoms with van der Waals surface area (Å²) in [6.07, 6.45) is 0.642. The zero-order chi connectivity index (χ0) is 15.0. The first-order valence-corrected chi connectivity index (χ1v) is 7.17. The first-order valence-electron chi connectivity index (χ1n) is 7.17. The zero-order valence-electron chi connectivity index (χ0n) is 12.9. The second-order valence-electron chi connectivity index (χ2n) is 5.75. The molecule has 20 heavy (non-hydrogen) atoms. The van der Waals surface area contributed by atoms with Gasteiger partial charge in [-0.25, -0.2) is 4.79 Å². The minimum Gasteiger partial charge on any atom is -0.444 e. The summed E-state index contributed by atoms with van der Waals surface area (Å²) in [5.74, 6) is 0. The Kier molecular flexibility index (Phi) is 6.52. The molecule has 1 aromatic rings. The van der Waals surface area contributed by atoms with Gasteiger partial charge in [-0.1, -0.05) is 37.3 Å². The molecular weight excluding hydrogens is 252 g/mol. The van der Waals surface area contributed by atoms with Crippen molar-refractivity contribution in [3.05, 3.63) is 35.9 Å². The minimum absolute atomic E-state index is 0.316. The third-order valence-corrected chi connectivity index (χ3v) is 2.79. The van der Waals surface area contributed by atoms with Crippen LogP contribution >= 0.6 is 0 Å². The predicted octanol–water partition coefficient (Wildman–Crippen LogP) is 3.25. The third-order valence-electron chi connectivity index (χ3n) is 2.79. The predicted molar refractivity (Wildman–Crippen MR) is 81.7 cm³/mol. The number of amides is 1. The van der Waals surface area contributed by atoms with Crippen LogP contribution in [0.1, 0.15) is 45.7 Å². The number of carbonyl (C=O) groups is 1. The molecule has 0 radical (unpaired) electrons. The molecule has 0 aromatic heterocycles. The van der Waals surface area contributed by atoms with Crippen molar-refractivity contribution in [3.63, 3.8) is 0 Å². The SMILES string of the molecule is CCC(NCCNC(=O)OC(C)(C)C)c1ccccc1. The quantitative estimate of drug-likeness (QED) is 0.785. The van der Waals surface area contributed by atoms with Gasteiger partial charge in [-0.2, -0.15) is 0 Å². The minimum atomic E-state index is -0.451. The lowest BCUT2D eigenvalue weighted by Gasteiger charge is -2.20. The number of hydrogen-bond acceptors (Lipinski definition) is 3. The lowest BCUT2D eigenvalue weighted by Crippen LogP contribution is -2.37. The molecule has 0 spiro atoms. The van der Waals surface area contributed by atoms with E-state index in [1.807, 2.05) is 39.0 Å². The van der Waals surface area contributed by atoms with E-state index in [2.05, 4.69) is 29.7 Å². The maximum Gasteiger partial charge on any atom is 0.407 e. The molecule has 0 saturated carbocycles. The van der Waals surface area contributed by atoms with E-state index in [1.165, 1.54) is 5.56 Å². The maximum absolute atomic E-state index is 11.5. The lowest BCUT2D eigenvalue weighted by atomic mass is 10.0. The molecule has 0 fully saturated rings. The van der Waals surface area contributed by atoms with Gasteiger partial charge in [-0.3, -0.25) is 0 Å². The Hall–Kier alpha value is -1.55. The van der Waals surface area contributed by atoms with Crippen LogP contribution in [0.15, 0.2) is 30.3 Å². The average molecular weight is 278 g/mol. The van der Waals surface area contributed by atoms with Crippen LogP contribution in [0.5, 0.6) is 0 Å². The van der Waals surface area contributed by atoms with Gasteiger partial charge in [0.25, 0.3) is 0 Å². The highest BCUT2D eigenvalue weighted by Crippen LogP contribution is 2.15. The molecule has 112 valence electrons. The van der Waals surface area contributed by atoms with Gasteiger partial charge in [0.05, 0.1) is 0 Å². The third kappa shape index (κ3) is 6.57. The highest BCUT2D eigenvalue weighted by atomic mass is 16.6. The van der Waals surface area contributed by atoms with Crippen LogP contribution in [0.2, 0.25) is 0 Å². The van der Waals surface area contributed by atoms with E-state index in [0.717, 1.165) is 6.42 Å². The number of rotatable bonds is 6. The van der Waals surface area contributed by atoms with Crippen LogP contribution in [-0.2, 0) is 4.74 Å². The molecule has 0 aliphatic heterocycles. The Bertz CT molecular complexity index is 399. The smallest absolute Gasteiger partial charge is 0.407 e. The lowest BCUT2D eigenvalue weighted by molar-refractivity contribution is 0.0528. The molecule has 4 heteroatoms. The molecule has 1 amide bonds. The Morgan fingerprint density at radius 2 is 1.85 bits per heavy atom. The maximum atomic E-state index is 11.5. The average Bonchev–Trinajstić information content (AvgIpc) is 2.38. The molecule has 0 aliphatic carbocycles. The topological polar surface area (TPSA) is 50.4 Å². The monoisotopic (exact) mass is 278 g/mol. The van der Waals surface area contributed by atoms with Gasteiger partial charge >= 0.3 is 6.09 Å². The largest absolute Gasteiger partial charge is 0.444 e. The summed E-state index contributed by atoms with van der Waals surface area (Å²) >= 11 is 0. The van der Waals surface area contributed by atoms with E-state index in [0.29, 0.717) is 19.1 Å². The first kappa shape index (κ1) is 16.5. The van der Waals surface area contributed by atoms with Crippen molar-refractivity contribution < 1.29 is 9.53 Å². The summed E-state index contributed by atoms with van der Waals surface area (Å²) in [6, 6.07) is 10.6. The molecule has 4 nitrogen and oxygen atoms in total. The van der Waals surface area contributed by atoms with Gasteiger partial charge in [0.1, 0.15) is 5.60 Å². The van der Waals surface area contributed by atoms with Crippen LogP contribution in [-0.4, -0.2) is 24.8 Å². The Balaban J connectivity index is 2.28. The molecule has 2 N–H and O–H groups in total. The fraction of sp³-hybridized carbons (Fsp3) is 0.562. The van der Waals surface area contributed by atoms with Crippen LogP contribution < -0.4 is 10.6 Å². The van der Waals surface area contributed by atoms with Crippen molar-refractivity contribution in [2.24, 2.45) is 0 Å². The second kappa shape index (κ2) is 7.90. The Morgan fingerprint density at radius 1 is 1.20 bits per heavy atom. The van der Waals surface area contributed by atoms with Crippen molar-refractivity contribution in [3.8, 4) is 0 Å². The number of alkyl carbamates (subject to hydrolysis) is 1. The molecule has 0 aliphatic rings. The molecular formula is C16H26N2O2. The fourth-order valence-electron chi connectivity index (χ4n) is 1.91. The number of nitrogens with one attached hydrogen (secondary N) is 2. The van der Waals surface area contributed by atoms with E-state index in [4.69, 9.17) is 4.74 Å². The van der Waals surface area contributed by atoms with Gasteiger partial charge in [0, 0.05) is 19.1 Å². The number of hydrogen-bond donors (Lipinski definition) is 2. The van der Waals surface area contributed by atoms with Crippen LogP contribution in [0.4, 0.5) is 4.79 Å². The molecule has 1 aromatic carbocycles. The number of benzene rings is 1. The second-order valence-corrected chi connectivity index (χ2v) is 5.75. The van der Waals surface area contributed by atoms with Gasteiger partial charge in [0.15, 0.2) is 0 Å².